The van der Waals surface area contributed by atoms with Crippen LogP contribution in [-0.4, -0.2) is 123 Å². The van der Waals surface area contributed by atoms with Crippen LogP contribution in [0.15, 0.2) is 102 Å². The summed E-state index contributed by atoms with van der Waals surface area (Å²) in [5.74, 6) is -5.67. The van der Waals surface area contributed by atoms with Gasteiger partial charge in [-0.05, 0) is 72.7 Å². The number of phenols is 1. The van der Waals surface area contributed by atoms with Crippen molar-refractivity contribution in [3.8, 4) is 16.9 Å². The number of piperidine rings is 1. The van der Waals surface area contributed by atoms with Gasteiger partial charge in [-0.2, -0.15) is 26.3 Å². The Hall–Kier alpha value is -7.50. The smallest absolute Gasteiger partial charge is 0.490 e. The average Bonchev–Trinajstić information content (AvgIpc) is 3.32. The third-order valence-corrected chi connectivity index (χ3v) is 11.0. The largest absolute Gasteiger partial charge is 0.506 e. The Morgan fingerprint density at radius 1 is 0.819 bits per heavy atom. The molecule has 0 bridgehead atoms. The van der Waals surface area contributed by atoms with E-state index in [0.29, 0.717) is 67.6 Å². The number of nitrogens with one attached hydrogen (secondary N) is 4. The average molecular weight is 1020 g/mol. The van der Waals surface area contributed by atoms with Gasteiger partial charge in [0.1, 0.15) is 11.9 Å². The number of anilines is 2. The van der Waals surface area contributed by atoms with Crippen molar-refractivity contribution < 1.29 is 75.5 Å². The van der Waals surface area contributed by atoms with Crippen LogP contribution in [0.2, 0.25) is 0 Å². The van der Waals surface area contributed by atoms with Gasteiger partial charge in [0.25, 0.3) is 0 Å². The van der Waals surface area contributed by atoms with Crippen molar-refractivity contribution in [1.29, 1.82) is 0 Å². The maximum Gasteiger partial charge on any atom is 0.490 e. The van der Waals surface area contributed by atoms with Crippen molar-refractivity contribution in [3.05, 3.63) is 124 Å². The van der Waals surface area contributed by atoms with Gasteiger partial charge in [0.2, 0.25) is 17.4 Å². The third-order valence-electron chi connectivity index (χ3n) is 11.0. The molecule has 6 rings (SSSR count). The minimum atomic E-state index is -5.08. The second-order valence-electron chi connectivity index (χ2n) is 16.4. The SMILES string of the molecule is Cc1cc(CNC[C@H](O)c2ccc(O)c3[nH]c(=O)ccc23)ccc1NC(=O)CCCN(C)C(=O)CCN1CCC(OC(=O)Nc2ccccc2-c2ccccc2)CC1.O=C(O)C(F)(F)F.O=C(O)C(F)(F)F. The molecule has 0 unspecified atom stereocenters. The summed E-state index contributed by atoms with van der Waals surface area (Å²) in [4.78, 5) is 74.4. The lowest BCUT2D eigenvalue weighted by molar-refractivity contribution is -0.193. The summed E-state index contributed by atoms with van der Waals surface area (Å²) in [6.45, 7) is 5.21. The van der Waals surface area contributed by atoms with Crippen LogP contribution in [0, 0.1) is 6.92 Å². The second kappa shape index (κ2) is 26.6. The van der Waals surface area contributed by atoms with Crippen LogP contribution in [0.5, 0.6) is 5.75 Å². The highest BCUT2D eigenvalue weighted by molar-refractivity contribution is 5.92. The lowest BCUT2D eigenvalue weighted by atomic mass is 10.0. The number of H-pyrrole nitrogens is 1. The number of aromatic hydroxyl groups is 1. The summed E-state index contributed by atoms with van der Waals surface area (Å²) < 4.78 is 69.2. The van der Waals surface area contributed by atoms with E-state index in [9.17, 15) is 55.7 Å². The number of hydrogen-bond donors (Lipinski definition) is 8. The molecule has 8 N–H and O–H groups in total. The van der Waals surface area contributed by atoms with Crippen molar-refractivity contribution in [2.45, 2.75) is 70.1 Å². The van der Waals surface area contributed by atoms with Crippen LogP contribution in [0.3, 0.4) is 0 Å². The zero-order valence-electron chi connectivity index (χ0n) is 39.0. The number of amides is 3. The number of halogens is 6. The Balaban J connectivity index is 0.000000703. The molecule has 1 aliphatic heterocycles. The number of carbonyl (C=O) groups is 5. The molecule has 4 aromatic carbocycles. The van der Waals surface area contributed by atoms with Gasteiger partial charge in [-0.3, -0.25) is 19.7 Å². The van der Waals surface area contributed by atoms with E-state index in [1.54, 1.807) is 24.1 Å². The number of likely N-dealkylation sites (tertiary alicyclic amines) is 1. The van der Waals surface area contributed by atoms with E-state index in [1.807, 2.05) is 79.7 Å². The molecule has 3 amide bonds. The number of aliphatic carboxylic acids is 2. The van der Waals surface area contributed by atoms with Gasteiger partial charge < -0.3 is 50.6 Å². The number of aryl methyl sites for hydroxylation is 1. The minimum absolute atomic E-state index is 0.0237. The molecule has 0 spiro atoms. The van der Waals surface area contributed by atoms with Crippen LogP contribution in [0.1, 0.15) is 54.9 Å². The number of carboxylic acids is 2. The highest BCUT2D eigenvalue weighted by Gasteiger charge is 2.39. The summed E-state index contributed by atoms with van der Waals surface area (Å²) in [7, 11) is 1.76. The molecule has 0 aliphatic carbocycles. The van der Waals surface area contributed by atoms with E-state index in [-0.39, 0.29) is 47.7 Å². The molecule has 1 atom stereocenters. The molecule has 388 valence electrons. The van der Waals surface area contributed by atoms with E-state index in [1.165, 1.54) is 12.1 Å². The van der Waals surface area contributed by atoms with Crippen molar-refractivity contribution in [1.82, 2.24) is 20.1 Å². The Kier molecular flexibility index (Phi) is 21.1. The monoisotopic (exact) mass is 1020 g/mol. The normalized spacial score (nSPS) is 13.3. The van der Waals surface area contributed by atoms with Crippen molar-refractivity contribution >= 4 is 52.1 Å². The van der Waals surface area contributed by atoms with E-state index < -0.39 is 36.5 Å². The first-order chi connectivity index (χ1) is 33.9. The molecular weight excluding hydrogens is 963 g/mol. The Labute approximate surface area is 408 Å². The molecule has 23 heteroatoms. The van der Waals surface area contributed by atoms with E-state index in [0.717, 1.165) is 35.3 Å². The first kappa shape index (κ1) is 57.1. The summed E-state index contributed by atoms with van der Waals surface area (Å²) in [6.07, 6.45) is -9.12. The molecule has 1 saturated heterocycles. The van der Waals surface area contributed by atoms with Gasteiger partial charge in [0, 0.05) is 81.9 Å². The lowest BCUT2D eigenvalue weighted by Crippen LogP contribution is -2.40. The summed E-state index contributed by atoms with van der Waals surface area (Å²) in [5, 5.41) is 44.9. The number of rotatable bonds is 16. The molecule has 1 aromatic heterocycles. The van der Waals surface area contributed by atoms with Gasteiger partial charge in [0.05, 0.1) is 17.3 Å². The number of pyridine rings is 1. The molecule has 0 saturated carbocycles. The molecule has 72 heavy (non-hydrogen) atoms. The van der Waals surface area contributed by atoms with Crippen molar-refractivity contribution in [2.24, 2.45) is 0 Å². The minimum Gasteiger partial charge on any atom is -0.506 e. The molecule has 1 fully saturated rings. The number of aliphatic hydroxyl groups is 1. The summed E-state index contributed by atoms with van der Waals surface area (Å²) >= 11 is 0. The van der Waals surface area contributed by atoms with Gasteiger partial charge in [-0.15, -0.1) is 0 Å². The Morgan fingerprint density at radius 3 is 2.07 bits per heavy atom. The zero-order chi connectivity index (χ0) is 53.2. The number of hydrogen-bond acceptors (Lipinski definition) is 11. The molecule has 1 aliphatic rings. The lowest BCUT2D eigenvalue weighted by Gasteiger charge is -2.31. The fraction of sp³-hybridized carbons (Fsp3) is 0.347. The predicted octanol–water partition coefficient (Wildman–Crippen LogP) is 7.58. The maximum absolute atomic E-state index is 12.9. The Bertz CT molecular complexity index is 2670. The summed E-state index contributed by atoms with van der Waals surface area (Å²) in [6, 6.07) is 29.3. The number of aromatic amines is 1. The first-order valence-electron chi connectivity index (χ1n) is 22.2. The van der Waals surface area contributed by atoms with E-state index in [4.69, 9.17) is 24.5 Å². The van der Waals surface area contributed by atoms with Gasteiger partial charge in [-0.25, -0.2) is 14.4 Å². The van der Waals surface area contributed by atoms with Gasteiger partial charge in [-0.1, -0.05) is 66.7 Å². The molecular formula is C49H54F6N6O11. The van der Waals surface area contributed by atoms with Crippen molar-refractivity contribution in [3.63, 3.8) is 0 Å². The van der Waals surface area contributed by atoms with E-state index in [2.05, 4.69) is 25.8 Å². The quantitative estimate of drug-likeness (QED) is 0.0445. The second-order valence-corrected chi connectivity index (χ2v) is 16.4. The predicted molar refractivity (Wildman–Crippen MR) is 253 cm³/mol. The van der Waals surface area contributed by atoms with Crippen LogP contribution in [0.25, 0.3) is 22.0 Å². The number of phenolic OH excluding ortho intramolecular Hbond substituents is 1. The maximum atomic E-state index is 12.9. The third kappa shape index (κ3) is 18.4. The van der Waals surface area contributed by atoms with Crippen LogP contribution < -0.4 is 21.5 Å². The number of nitrogens with zero attached hydrogens (tertiary/aromatic N) is 2. The first-order valence-corrected chi connectivity index (χ1v) is 22.2. The highest BCUT2D eigenvalue weighted by atomic mass is 19.4. The van der Waals surface area contributed by atoms with Crippen LogP contribution >= 0.6 is 0 Å². The number of carbonyl (C=O) groups excluding carboxylic acids is 3. The fourth-order valence-electron chi connectivity index (χ4n) is 7.25. The topological polar surface area (TPSA) is 251 Å². The number of ether oxygens (including phenoxy) is 1. The molecule has 2 heterocycles. The number of fused-ring (bicyclic) bond motifs is 1. The van der Waals surface area contributed by atoms with Crippen LogP contribution in [-0.2, 0) is 30.5 Å². The number of para-hydroxylation sites is 1. The number of benzene rings is 4. The highest BCUT2D eigenvalue weighted by Crippen LogP contribution is 2.30. The van der Waals surface area contributed by atoms with Crippen LogP contribution in [0.4, 0.5) is 42.5 Å². The zero-order valence-corrected chi connectivity index (χ0v) is 39.0. The molecule has 0 radical (unpaired) electrons. The number of aromatic nitrogens is 1. The van der Waals surface area contributed by atoms with Crippen molar-refractivity contribution in [2.75, 3.05) is 50.4 Å². The molecule has 17 nitrogen and oxygen atoms in total. The van der Waals surface area contributed by atoms with Gasteiger partial charge in [0.15, 0.2) is 0 Å². The number of carboxylic acid groups (broad SMARTS) is 2. The number of alkyl halides is 6. The molecule has 5 aromatic rings. The van der Waals surface area contributed by atoms with E-state index >= 15 is 0 Å². The Morgan fingerprint density at radius 2 is 1.44 bits per heavy atom. The van der Waals surface area contributed by atoms with Gasteiger partial charge >= 0.3 is 30.4 Å². The summed E-state index contributed by atoms with van der Waals surface area (Å²) in [5.41, 5.74) is 5.77. The fourth-order valence-corrected chi connectivity index (χ4v) is 7.25. The standard InChI is InChI=1S/C45H52N6O7.2C2HF3O2/c1-30-27-31(28-46-29-40(53)35-15-18-39(52)44-36(35)16-19-42(55)49-44)14-17-37(30)47-41(54)13-8-23-50(2)43(56)22-26-51-24-20-33(21-25-51)58-45(57)48-38-12-7-6-11-34(38)32-9-4-3-5-10-32;2*3-2(4,5)1(6)7/h3-7,9-12,14-19,27,33,40,46,52-53H,8,13,20-26,28-29H2,1-2H3,(H,47,54)(H,48,57)(H,49,55);2*(H,6,7)/t40-;;/m0../s1. The number of aliphatic hydroxyl groups excluding tert-OH is 1.